The third-order valence-electron chi connectivity index (χ3n) is 17.0. The highest BCUT2D eigenvalue weighted by molar-refractivity contribution is 6.02. The first-order chi connectivity index (χ1) is 25.6. The van der Waals surface area contributed by atoms with E-state index in [9.17, 15) is 49.5 Å². The molecule has 0 bridgehead atoms. The zero-order chi connectivity index (χ0) is 40.4. The summed E-state index contributed by atoms with van der Waals surface area (Å²) in [6.07, 6.45) is 10.8. The lowest BCUT2D eigenvalue weighted by molar-refractivity contribution is -0.185. The van der Waals surface area contributed by atoms with Crippen molar-refractivity contribution in [3.63, 3.8) is 0 Å². The summed E-state index contributed by atoms with van der Waals surface area (Å²) in [5, 5.41) is 52.9. The molecule has 0 saturated heterocycles. The van der Waals surface area contributed by atoms with Crippen LogP contribution in [-0.4, -0.2) is 91.1 Å². The summed E-state index contributed by atoms with van der Waals surface area (Å²) in [7, 11) is 0. The van der Waals surface area contributed by atoms with Crippen molar-refractivity contribution in [1.82, 2.24) is 0 Å². The van der Waals surface area contributed by atoms with E-state index in [0.717, 1.165) is 18.4 Å². The molecule has 300 valence electrons. The maximum absolute atomic E-state index is 15.2. The lowest BCUT2D eigenvalue weighted by Gasteiger charge is -2.60. The van der Waals surface area contributed by atoms with Crippen LogP contribution in [0.3, 0.4) is 0 Å². The molecule has 0 aromatic heterocycles. The van der Waals surface area contributed by atoms with Crippen molar-refractivity contribution in [2.75, 3.05) is 13.2 Å². The van der Waals surface area contributed by atoms with E-state index in [0.29, 0.717) is 18.4 Å². The molecule has 0 aromatic rings. The molecule has 6 fully saturated rings. The number of fused-ring (bicyclic) bond motifs is 10. The number of allylic oxidation sites excluding steroid dienone is 8. The quantitative estimate of drug-likeness (QED) is 0.282. The molecule has 8 aliphatic carbocycles. The van der Waals surface area contributed by atoms with Gasteiger partial charge in [0.25, 0.3) is 0 Å². The van der Waals surface area contributed by atoms with Gasteiger partial charge in [-0.15, -0.1) is 0 Å². The minimum absolute atomic E-state index is 0.0218. The van der Waals surface area contributed by atoms with Crippen LogP contribution in [0.5, 0.6) is 0 Å². The first-order valence-corrected chi connectivity index (χ1v) is 20.1. The Morgan fingerprint density at radius 2 is 1.31 bits per heavy atom. The van der Waals surface area contributed by atoms with Crippen molar-refractivity contribution in [3.05, 3.63) is 47.6 Å². The van der Waals surface area contributed by atoms with Gasteiger partial charge >= 0.3 is 0 Å². The van der Waals surface area contributed by atoms with E-state index in [1.165, 1.54) is 12.2 Å². The number of carbonyl (C=O) groups excluding carboxylic acids is 5. The van der Waals surface area contributed by atoms with Crippen molar-refractivity contribution in [2.24, 2.45) is 69.0 Å². The van der Waals surface area contributed by atoms with Gasteiger partial charge in [-0.3, -0.25) is 24.0 Å². The number of Topliss-reactive ketones (excluding diaryl/α,β-unsaturated/α-hetero) is 3. The molecule has 0 radical (unpaired) electrons. The van der Waals surface area contributed by atoms with Crippen LogP contribution in [0.15, 0.2) is 47.6 Å². The molecule has 8 rings (SSSR count). The number of hydrogen-bond acceptors (Lipinski definition) is 10. The van der Waals surface area contributed by atoms with Crippen molar-refractivity contribution in [2.45, 2.75) is 110 Å². The van der Waals surface area contributed by atoms with Crippen LogP contribution in [-0.2, 0) is 24.0 Å². The highest BCUT2D eigenvalue weighted by Gasteiger charge is 2.72. The Morgan fingerprint density at radius 3 is 1.89 bits per heavy atom. The minimum Gasteiger partial charge on any atom is -0.393 e. The average molecular weight is 765 g/mol. The van der Waals surface area contributed by atoms with E-state index in [4.69, 9.17) is 0 Å². The van der Waals surface area contributed by atoms with Crippen LogP contribution < -0.4 is 0 Å². The number of aliphatic hydroxyl groups excluding tert-OH is 3. The fourth-order valence-electron chi connectivity index (χ4n) is 14.5. The standard InChI is InChI=1S/C22H29FO5.C22H28O5/c1-11-6-14-13-8-16(23)15-7-12(25)4-5-20(15,2)19(13)17(26)9-21(14,3)22(11,28)18(27)10-24;1-12-8-16-15-5-4-13-9-14(24)6-7-20(13,2)19(15)17(25)10-21(16,3)22(12,27)18(26)11-23/h4-5,7,11,13-14,16-17,19,24,26,28H,6,8-10H2,1-3H3;6-7,9,12,15-16,19,23,27H,4-5,8,10-11H2,1-3H3/t11-,13+,14+,16+,17+,19-,20+,21+,22+;12-,15-,16-,19+,20-,21-,22-/m10/s1. The van der Waals surface area contributed by atoms with Gasteiger partial charge in [-0.2, -0.15) is 0 Å². The van der Waals surface area contributed by atoms with E-state index in [-0.39, 0.29) is 84.0 Å². The van der Waals surface area contributed by atoms with E-state index in [1.54, 1.807) is 32.1 Å². The second kappa shape index (κ2) is 13.0. The van der Waals surface area contributed by atoms with Crippen molar-refractivity contribution < 1.29 is 53.9 Å². The van der Waals surface area contributed by atoms with Gasteiger partial charge in [0.05, 0.1) is 6.10 Å². The molecule has 0 heterocycles. The molecule has 6 saturated carbocycles. The van der Waals surface area contributed by atoms with Gasteiger partial charge < -0.3 is 25.5 Å². The largest absolute Gasteiger partial charge is 0.393 e. The number of hydrogen-bond donors (Lipinski definition) is 5. The van der Waals surface area contributed by atoms with Gasteiger partial charge in [0.1, 0.15) is 36.4 Å². The van der Waals surface area contributed by atoms with Crippen LogP contribution in [0.1, 0.15) is 86.5 Å². The van der Waals surface area contributed by atoms with Gasteiger partial charge in [-0.1, -0.05) is 59.3 Å². The predicted octanol–water partition coefficient (Wildman–Crippen LogP) is 3.76. The maximum Gasteiger partial charge on any atom is 0.190 e. The molecule has 10 nitrogen and oxygen atoms in total. The van der Waals surface area contributed by atoms with Crippen LogP contribution in [0.4, 0.5) is 4.39 Å². The van der Waals surface area contributed by atoms with Crippen LogP contribution in [0.2, 0.25) is 0 Å². The minimum atomic E-state index is -1.74. The molecule has 0 aromatic carbocycles. The monoisotopic (exact) mass is 764 g/mol. The predicted molar refractivity (Wildman–Crippen MR) is 198 cm³/mol. The topological polar surface area (TPSA) is 186 Å². The van der Waals surface area contributed by atoms with Gasteiger partial charge in [0.2, 0.25) is 0 Å². The smallest absolute Gasteiger partial charge is 0.190 e. The van der Waals surface area contributed by atoms with E-state index >= 15 is 4.39 Å². The third-order valence-corrected chi connectivity index (χ3v) is 17.0. The summed E-state index contributed by atoms with van der Waals surface area (Å²) in [5.74, 6) is -2.87. The number of carbonyl (C=O) groups is 5. The maximum atomic E-state index is 15.2. The van der Waals surface area contributed by atoms with E-state index in [2.05, 4.69) is 0 Å². The number of rotatable bonds is 4. The molecule has 0 spiro atoms. The molecular weight excluding hydrogens is 707 g/mol. The fourth-order valence-corrected chi connectivity index (χ4v) is 14.5. The molecule has 0 amide bonds. The fraction of sp³-hybridized carbons (Fsp3) is 0.705. The summed E-state index contributed by atoms with van der Waals surface area (Å²) < 4.78 is 15.2. The van der Waals surface area contributed by atoms with Crippen molar-refractivity contribution >= 4 is 28.9 Å². The Bertz CT molecular complexity index is 1850. The Labute approximate surface area is 322 Å². The molecule has 0 aliphatic heterocycles. The number of aliphatic hydroxyl groups is 5. The lowest BCUT2D eigenvalue weighted by Crippen LogP contribution is -2.63. The van der Waals surface area contributed by atoms with Crippen LogP contribution >= 0.6 is 0 Å². The summed E-state index contributed by atoms with van der Waals surface area (Å²) >= 11 is 0. The summed E-state index contributed by atoms with van der Waals surface area (Å²) in [4.78, 5) is 62.1. The number of ketones is 5. The van der Waals surface area contributed by atoms with Gasteiger partial charge in [0.15, 0.2) is 23.1 Å². The molecular formula is C44H57FO10. The van der Waals surface area contributed by atoms with Gasteiger partial charge in [-0.25, -0.2) is 4.39 Å². The third kappa shape index (κ3) is 5.17. The molecule has 55 heavy (non-hydrogen) atoms. The normalized spacial score (nSPS) is 50.6. The number of alkyl halides is 1. The highest BCUT2D eigenvalue weighted by Crippen LogP contribution is 2.69. The molecule has 5 N–H and O–H groups in total. The second-order valence-electron chi connectivity index (χ2n) is 19.3. The van der Waals surface area contributed by atoms with Crippen molar-refractivity contribution in [3.8, 4) is 0 Å². The zero-order valence-electron chi connectivity index (χ0n) is 32.8. The van der Waals surface area contributed by atoms with E-state index in [1.807, 2.05) is 33.8 Å². The van der Waals surface area contributed by atoms with Crippen LogP contribution in [0, 0.1) is 69.0 Å². The van der Waals surface area contributed by atoms with E-state index < -0.39 is 69.9 Å². The van der Waals surface area contributed by atoms with Gasteiger partial charge in [-0.05, 0) is 104 Å². The highest BCUT2D eigenvalue weighted by atomic mass is 19.1. The Balaban J connectivity index is 0.000000169. The average Bonchev–Trinajstić information content (AvgIpc) is 3.46. The van der Waals surface area contributed by atoms with Crippen LogP contribution in [0.25, 0.3) is 0 Å². The summed E-state index contributed by atoms with van der Waals surface area (Å²) in [5.41, 5.74) is -4.95. The molecule has 11 heteroatoms. The molecule has 16 atom stereocenters. The second-order valence-corrected chi connectivity index (χ2v) is 19.3. The summed E-state index contributed by atoms with van der Waals surface area (Å²) in [6, 6.07) is 0. The number of halogens is 1. The first-order valence-electron chi connectivity index (χ1n) is 20.1. The van der Waals surface area contributed by atoms with Crippen molar-refractivity contribution in [1.29, 1.82) is 0 Å². The SMILES string of the molecule is C[C@@H]1C[C@H]2[C@@H]3C[C@H](F)C4=CC(=O)C=C[C@]4(C)[C@H]3[C@@H](O)C[C@]2(C)[C@@]1(O)C(=O)CO.C[C@H]1C[C@H]2[C@@H]3CCC4=CC(=O)C=C[C@]4(C)[C@H]3C(=O)C[C@]2(C)[C@@]1(O)C(=O)CO. The Kier molecular flexibility index (Phi) is 9.53. The first kappa shape index (κ1) is 40.2. The molecule has 0 unspecified atom stereocenters. The molecule has 8 aliphatic rings. The summed E-state index contributed by atoms with van der Waals surface area (Å²) in [6.45, 7) is 9.76. The Morgan fingerprint density at radius 1 is 0.782 bits per heavy atom. The van der Waals surface area contributed by atoms with Gasteiger partial charge in [0, 0.05) is 39.9 Å². The Hall–Kier alpha value is -2.96. The zero-order valence-corrected chi connectivity index (χ0v) is 32.8. The lowest BCUT2D eigenvalue weighted by atomic mass is 9.46.